The van der Waals surface area contributed by atoms with Crippen molar-refractivity contribution in [2.24, 2.45) is 4.99 Å². The van der Waals surface area contributed by atoms with Gasteiger partial charge < -0.3 is 20.3 Å². The van der Waals surface area contributed by atoms with Crippen molar-refractivity contribution in [2.75, 3.05) is 40.4 Å². The zero-order valence-electron chi connectivity index (χ0n) is 14.3. The predicted molar refractivity (Wildman–Crippen MR) is 112 cm³/mol. The largest absolute Gasteiger partial charge is 0.383 e. The summed E-state index contributed by atoms with van der Waals surface area (Å²) < 4.78 is 5.95. The van der Waals surface area contributed by atoms with Gasteiger partial charge in [-0.1, -0.05) is 34.1 Å². The van der Waals surface area contributed by atoms with Gasteiger partial charge in [-0.2, -0.15) is 0 Å². The van der Waals surface area contributed by atoms with E-state index in [-0.39, 0.29) is 36.4 Å². The zero-order valence-corrected chi connectivity index (χ0v) is 18.3. The fourth-order valence-electron chi connectivity index (χ4n) is 1.92. The molecule has 0 aliphatic carbocycles. The van der Waals surface area contributed by atoms with E-state index in [0.29, 0.717) is 25.7 Å². The van der Waals surface area contributed by atoms with Crippen molar-refractivity contribution in [1.29, 1.82) is 0 Å². The summed E-state index contributed by atoms with van der Waals surface area (Å²) in [5.74, 6) is 0.580. The smallest absolute Gasteiger partial charge is 0.241 e. The quantitative estimate of drug-likeness (QED) is 0.242. The van der Waals surface area contributed by atoms with Gasteiger partial charge in [0.15, 0.2) is 5.96 Å². The van der Waals surface area contributed by atoms with Crippen LogP contribution in [-0.4, -0.2) is 57.2 Å². The molecule has 1 aromatic carbocycles. The second-order valence-electron chi connectivity index (χ2n) is 4.96. The fraction of sp³-hybridized carbons (Fsp3) is 0.500. The van der Waals surface area contributed by atoms with Crippen molar-refractivity contribution >= 4 is 51.8 Å². The van der Waals surface area contributed by atoms with Crippen molar-refractivity contribution in [3.63, 3.8) is 0 Å². The third kappa shape index (κ3) is 8.84. The summed E-state index contributed by atoms with van der Waals surface area (Å²) in [6.07, 6.45) is 0. The first kappa shape index (κ1) is 23.1. The molecule has 0 aromatic heterocycles. The average molecular weight is 513 g/mol. The molecule has 0 aliphatic heterocycles. The number of ether oxygens (including phenoxy) is 1. The molecule has 24 heavy (non-hydrogen) atoms. The van der Waals surface area contributed by atoms with Gasteiger partial charge in [0.2, 0.25) is 5.91 Å². The van der Waals surface area contributed by atoms with Crippen LogP contribution in [0.25, 0.3) is 0 Å². The SMILES string of the molecule is CCNC(=NCC(=O)NCCOC)N(C)Cc1ccccc1Br.I. The molecular weight excluding hydrogens is 487 g/mol. The normalized spacial score (nSPS) is 10.8. The number of guanidine groups is 1. The maximum absolute atomic E-state index is 11.7. The predicted octanol–water partition coefficient (Wildman–Crippen LogP) is 2.23. The van der Waals surface area contributed by atoms with Crippen molar-refractivity contribution < 1.29 is 9.53 Å². The molecule has 0 unspecified atom stereocenters. The topological polar surface area (TPSA) is 66.0 Å². The highest BCUT2D eigenvalue weighted by Crippen LogP contribution is 2.17. The summed E-state index contributed by atoms with van der Waals surface area (Å²) in [4.78, 5) is 18.1. The Morgan fingerprint density at radius 2 is 2.04 bits per heavy atom. The fourth-order valence-corrected chi connectivity index (χ4v) is 2.33. The first-order valence-electron chi connectivity index (χ1n) is 7.57. The molecule has 0 saturated carbocycles. The van der Waals surface area contributed by atoms with Gasteiger partial charge in [-0.15, -0.1) is 24.0 Å². The Balaban J connectivity index is 0.00000529. The molecule has 0 spiro atoms. The molecule has 0 heterocycles. The van der Waals surface area contributed by atoms with Crippen LogP contribution in [0.15, 0.2) is 33.7 Å². The minimum Gasteiger partial charge on any atom is -0.383 e. The number of carbonyl (C=O) groups is 1. The molecular formula is C16H26BrIN4O2. The molecule has 8 heteroatoms. The highest BCUT2D eigenvalue weighted by Gasteiger charge is 2.09. The number of hydrogen-bond acceptors (Lipinski definition) is 3. The van der Waals surface area contributed by atoms with E-state index >= 15 is 0 Å². The Hall–Kier alpha value is -0.870. The summed E-state index contributed by atoms with van der Waals surface area (Å²) in [6.45, 7) is 4.52. The van der Waals surface area contributed by atoms with Gasteiger partial charge in [0.05, 0.1) is 6.61 Å². The van der Waals surface area contributed by atoms with Crippen LogP contribution >= 0.6 is 39.9 Å². The second kappa shape index (κ2) is 13.4. The van der Waals surface area contributed by atoms with Gasteiger partial charge in [0.25, 0.3) is 0 Å². The average Bonchev–Trinajstić information content (AvgIpc) is 2.53. The summed E-state index contributed by atoms with van der Waals surface area (Å²) >= 11 is 3.55. The number of nitrogens with zero attached hydrogens (tertiary/aromatic N) is 2. The Morgan fingerprint density at radius 1 is 1.33 bits per heavy atom. The van der Waals surface area contributed by atoms with Crippen LogP contribution in [-0.2, 0) is 16.1 Å². The molecule has 0 bridgehead atoms. The van der Waals surface area contributed by atoms with Gasteiger partial charge in [-0.05, 0) is 18.6 Å². The minimum absolute atomic E-state index is 0. The number of halogens is 2. The van der Waals surface area contributed by atoms with E-state index in [1.807, 2.05) is 37.1 Å². The van der Waals surface area contributed by atoms with E-state index < -0.39 is 0 Å². The first-order valence-corrected chi connectivity index (χ1v) is 8.36. The number of amides is 1. The molecule has 2 N–H and O–H groups in total. The van der Waals surface area contributed by atoms with Crippen LogP contribution in [0, 0.1) is 0 Å². The van der Waals surface area contributed by atoms with E-state index in [4.69, 9.17) is 4.74 Å². The number of benzene rings is 1. The summed E-state index contributed by atoms with van der Waals surface area (Å²) in [7, 11) is 3.55. The second-order valence-corrected chi connectivity index (χ2v) is 5.81. The van der Waals surface area contributed by atoms with E-state index in [0.717, 1.165) is 16.6 Å². The van der Waals surface area contributed by atoms with Crippen LogP contribution < -0.4 is 10.6 Å². The van der Waals surface area contributed by atoms with Gasteiger partial charge >= 0.3 is 0 Å². The lowest BCUT2D eigenvalue weighted by atomic mass is 10.2. The van der Waals surface area contributed by atoms with Gasteiger partial charge in [-0.25, -0.2) is 4.99 Å². The number of nitrogens with one attached hydrogen (secondary N) is 2. The summed E-state index contributed by atoms with van der Waals surface area (Å²) in [5.41, 5.74) is 1.16. The standard InChI is InChI=1S/C16H25BrN4O2.HI/c1-4-18-16(20-11-15(22)19-9-10-23-3)21(2)12-13-7-5-6-8-14(13)17;/h5-8H,4,9-12H2,1-3H3,(H,18,20)(H,19,22);1H. The Kier molecular flexibility index (Phi) is 12.9. The van der Waals surface area contributed by atoms with Crippen LogP contribution in [0.3, 0.4) is 0 Å². The lowest BCUT2D eigenvalue weighted by molar-refractivity contribution is -0.119. The van der Waals surface area contributed by atoms with Crippen molar-refractivity contribution in [3.05, 3.63) is 34.3 Å². The molecule has 6 nitrogen and oxygen atoms in total. The lowest BCUT2D eigenvalue weighted by Gasteiger charge is -2.22. The van der Waals surface area contributed by atoms with Gasteiger partial charge in [-0.3, -0.25) is 4.79 Å². The van der Waals surface area contributed by atoms with Gasteiger partial charge in [0.1, 0.15) is 6.54 Å². The van der Waals surface area contributed by atoms with E-state index in [2.05, 4.69) is 37.6 Å². The van der Waals surface area contributed by atoms with E-state index in [1.165, 1.54) is 0 Å². The van der Waals surface area contributed by atoms with Crippen LogP contribution in [0.5, 0.6) is 0 Å². The molecule has 0 radical (unpaired) electrons. The van der Waals surface area contributed by atoms with Gasteiger partial charge in [0, 0.05) is 38.3 Å². The molecule has 1 aromatic rings. The van der Waals surface area contributed by atoms with E-state index in [9.17, 15) is 4.79 Å². The van der Waals surface area contributed by atoms with E-state index in [1.54, 1.807) is 7.11 Å². The Labute approximate surface area is 169 Å². The number of rotatable bonds is 8. The molecule has 0 atom stereocenters. The summed E-state index contributed by atoms with van der Waals surface area (Å²) in [5, 5.41) is 5.95. The van der Waals surface area contributed by atoms with Crippen molar-refractivity contribution in [1.82, 2.24) is 15.5 Å². The highest BCUT2D eigenvalue weighted by atomic mass is 127. The zero-order chi connectivity index (χ0) is 17.1. The minimum atomic E-state index is -0.119. The van der Waals surface area contributed by atoms with Crippen molar-refractivity contribution in [3.8, 4) is 0 Å². The molecule has 0 saturated heterocycles. The number of aliphatic imine (C=N–C) groups is 1. The maximum Gasteiger partial charge on any atom is 0.241 e. The number of methoxy groups -OCH3 is 1. The molecule has 0 fully saturated rings. The first-order chi connectivity index (χ1) is 11.1. The number of carbonyl (C=O) groups excluding carboxylic acids is 1. The highest BCUT2D eigenvalue weighted by molar-refractivity contribution is 14.0. The Morgan fingerprint density at radius 3 is 2.67 bits per heavy atom. The third-order valence-corrected chi connectivity index (χ3v) is 3.84. The molecule has 1 rings (SSSR count). The lowest BCUT2D eigenvalue weighted by Crippen LogP contribution is -2.39. The third-order valence-electron chi connectivity index (χ3n) is 3.06. The van der Waals surface area contributed by atoms with Crippen LogP contribution in [0.2, 0.25) is 0 Å². The van der Waals surface area contributed by atoms with Crippen LogP contribution in [0.1, 0.15) is 12.5 Å². The number of hydrogen-bond donors (Lipinski definition) is 2. The molecule has 136 valence electrons. The Bertz CT molecular complexity index is 529. The maximum atomic E-state index is 11.7. The molecule has 0 aliphatic rings. The van der Waals surface area contributed by atoms with Crippen LogP contribution in [0.4, 0.5) is 0 Å². The monoisotopic (exact) mass is 512 g/mol. The summed E-state index contributed by atoms with van der Waals surface area (Å²) in [6, 6.07) is 8.05. The molecule has 1 amide bonds. The van der Waals surface area contributed by atoms with Crippen molar-refractivity contribution in [2.45, 2.75) is 13.5 Å².